The highest BCUT2D eigenvalue weighted by atomic mass is 32.1. The lowest BCUT2D eigenvalue weighted by atomic mass is 10.2. The Morgan fingerprint density at radius 1 is 1.29 bits per heavy atom. The van der Waals surface area contributed by atoms with Crippen LogP contribution in [0.1, 0.15) is 20.8 Å². The molecule has 1 heterocycles. The number of para-hydroxylation sites is 1. The molecule has 0 fully saturated rings. The molecule has 4 nitrogen and oxygen atoms in total. The van der Waals surface area contributed by atoms with Gasteiger partial charge in [0.05, 0.1) is 10.4 Å². The first-order chi connectivity index (χ1) is 9.93. The molecule has 0 radical (unpaired) electrons. The lowest BCUT2D eigenvalue weighted by molar-refractivity contribution is -0.139. The zero-order chi connectivity index (χ0) is 15.5. The van der Waals surface area contributed by atoms with Crippen LogP contribution in [0.15, 0.2) is 35.7 Å². The van der Waals surface area contributed by atoms with E-state index in [9.17, 15) is 18.0 Å². The number of nitrogens with two attached hydrogens (primary N) is 1. The Morgan fingerprint density at radius 2 is 2.00 bits per heavy atom. The third kappa shape index (κ3) is 3.53. The van der Waals surface area contributed by atoms with Gasteiger partial charge in [-0.15, -0.1) is 11.3 Å². The molecule has 0 aliphatic heterocycles. The smallest absolute Gasteiger partial charge is 0.419 e. The summed E-state index contributed by atoms with van der Waals surface area (Å²) >= 11 is 1.13. The Labute approximate surface area is 122 Å². The highest BCUT2D eigenvalue weighted by Gasteiger charge is 2.34. The molecule has 8 heteroatoms. The predicted molar refractivity (Wildman–Crippen MR) is 71.7 cm³/mol. The van der Waals surface area contributed by atoms with E-state index in [2.05, 4.69) is 0 Å². The standard InChI is InChI=1S/C13H11F3N2O2S/c14-13(15,16)9-3-1-2-4-10(9)20-7-8-5-6-21-11(8)12(19)18-17/h1-6H,7,17H2,(H,18,19). The average Bonchev–Trinajstić information content (AvgIpc) is 2.92. The second-order valence-corrected chi connectivity index (χ2v) is 4.95. The summed E-state index contributed by atoms with van der Waals surface area (Å²) in [6.45, 7) is -0.153. The third-order valence-electron chi connectivity index (χ3n) is 2.66. The number of alkyl halides is 3. The zero-order valence-electron chi connectivity index (χ0n) is 10.6. The summed E-state index contributed by atoms with van der Waals surface area (Å²) in [7, 11) is 0. The molecule has 0 aliphatic rings. The van der Waals surface area contributed by atoms with Crippen LogP contribution in [-0.2, 0) is 12.8 Å². The number of halogens is 3. The SMILES string of the molecule is NNC(=O)c1sccc1COc1ccccc1C(F)(F)F. The summed E-state index contributed by atoms with van der Waals surface area (Å²) in [6, 6.07) is 6.51. The highest BCUT2D eigenvalue weighted by molar-refractivity contribution is 7.12. The summed E-state index contributed by atoms with van der Waals surface area (Å²) in [4.78, 5) is 11.8. The van der Waals surface area contributed by atoms with E-state index in [4.69, 9.17) is 10.6 Å². The maximum atomic E-state index is 12.8. The minimum atomic E-state index is -4.50. The summed E-state index contributed by atoms with van der Waals surface area (Å²) < 4.78 is 43.7. The average molecular weight is 316 g/mol. The highest BCUT2D eigenvalue weighted by Crippen LogP contribution is 2.36. The van der Waals surface area contributed by atoms with E-state index in [1.165, 1.54) is 18.2 Å². The molecule has 0 bridgehead atoms. The van der Waals surface area contributed by atoms with Crippen molar-refractivity contribution >= 4 is 17.2 Å². The van der Waals surface area contributed by atoms with E-state index in [-0.39, 0.29) is 12.4 Å². The van der Waals surface area contributed by atoms with Gasteiger partial charge in [0.2, 0.25) is 0 Å². The van der Waals surface area contributed by atoms with E-state index >= 15 is 0 Å². The molecule has 2 rings (SSSR count). The zero-order valence-corrected chi connectivity index (χ0v) is 11.4. The molecule has 0 spiro atoms. The van der Waals surface area contributed by atoms with Crippen LogP contribution in [0, 0.1) is 0 Å². The maximum Gasteiger partial charge on any atom is 0.419 e. The summed E-state index contributed by atoms with van der Waals surface area (Å²) in [5.74, 6) is 4.25. The lowest BCUT2D eigenvalue weighted by Crippen LogP contribution is -2.30. The first-order valence-electron chi connectivity index (χ1n) is 5.80. The van der Waals surface area contributed by atoms with Crippen molar-refractivity contribution in [3.63, 3.8) is 0 Å². The lowest BCUT2D eigenvalue weighted by Gasteiger charge is -2.13. The van der Waals surface area contributed by atoms with Gasteiger partial charge in [0.15, 0.2) is 0 Å². The van der Waals surface area contributed by atoms with E-state index in [1.807, 2.05) is 5.43 Å². The molecular weight excluding hydrogens is 305 g/mol. The molecule has 112 valence electrons. The monoisotopic (exact) mass is 316 g/mol. The summed E-state index contributed by atoms with van der Waals surface area (Å²) in [5, 5.41) is 1.64. The van der Waals surface area contributed by atoms with E-state index < -0.39 is 17.6 Å². The summed E-state index contributed by atoms with van der Waals surface area (Å²) in [5.41, 5.74) is 1.59. The van der Waals surface area contributed by atoms with Gasteiger partial charge in [0.25, 0.3) is 5.91 Å². The van der Waals surface area contributed by atoms with Crippen molar-refractivity contribution in [1.29, 1.82) is 0 Å². The van der Waals surface area contributed by atoms with Crippen molar-refractivity contribution < 1.29 is 22.7 Å². The number of hydrogen-bond donors (Lipinski definition) is 2. The molecule has 0 aliphatic carbocycles. The largest absolute Gasteiger partial charge is 0.488 e. The van der Waals surface area contributed by atoms with Gasteiger partial charge in [-0.2, -0.15) is 13.2 Å². The van der Waals surface area contributed by atoms with Crippen molar-refractivity contribution in [2.75, 3.05) is 0 Å². The topological polar surface area (TPSA) is 64.3 Å². The molecule has 0 saturated carbocycles. The van der Waals surface area contributed by atoms with Crippen molar-refractivity contribution in [3.05, 3.63) is 51.7 Å². The van der Waals surface area contributed by atoms with Gasteiger partial charge in [-0.05, 0) is 23.6 Å². The van der Waals surface area contributed by atoms with Crippen LogP contribution in [0.4, 0.5) is 13.2 Å². The van der Waals surface area contributed by atoms with Crippen molar-refractivity contribution in [2.24, 2.45) is 5.84 Å². The van der Waals surface area contributed by atoms with Crippen LogP contribution in [0.25, 0.3) is 0 Å². The van der Waals surface area contributed by atoms with Gasteiger partial charge in [0, 0.05) is 5.56 Å². The van der Waals surface area contributed by atoms with Crippen molar-refractivity contribution in [1.82, 2.24) is 5.43 Å². The van der Waals surface area contributed by atoms with Gasteiger partial charge in [-0.3, -0.25) is 10.2 Å². The fraction of sp³-hybridized carbons (Fsp3) is 0.154. The molecule has 1 aromatic carbocycles. The molecule has 21 heavy (non-hydrogen) atoms. The molecule has 3 N–H and O–H groups in total. The summed E-state index contributed by atoms with van der Waals surface area (Å²) in [6.07, 6.45) is -4.50. The van der Waals surface area contributed by atoms with Gasteiger partial charge < -0.3 is 4.74 Å². The molecule has 2 aromatic rings. The Morgan fingerprint density at radius 3 is 2.67 bits per heavy atom. The number of benzene rings is 1. The second kappa shape index (κ2) is 6.15. The molecular formula is C13H11F3N2O2S. The van der Waals surface area contributed by atoms with Crippen molar-refractivity contribution in [3.8, 4) is 5.75 Å². The first-order valence-corrected chi connectivity index (χ1v) is 6.67. The number of ether oxygens (including phenoxy) is 1. The number of amides is 1. The number of nitrogen functional groups attached to an aromatic ring is 1. The van der Waals surface area contributed by atoms with Gasteiger partial charge in [0.1, 0.15) is 12.4 Å². The normalized spacial score (nSPS) is 11.2. The van der Waals surface area contributed by atoms with Crippen molar-refractivity contribution in [2.45, 2.75) is 12.8 Å². The predicted octanol–water partition coefficient (Wildman–Crippen LogP) is 2.95. The molecule has 1 amide bonds. The maximum absolute atomic E-state index is 12.8. The Bertz CT molecular complexity index is 640. The minimum absolute atomic E-state index is 0.153. The fourth-order valence-corrected chi connectivity index (χ4v) is 2.51. The number of carbonyl (C=O) groups is 1. The Hall–Kier alpha value is -2.06. The molecule has 0 unspecified atom stereocenters. The van der Waals surface area contributed by atoms with Crippen LogP contribution in [0.2, 0.25) is 0 Å². The first kappa shape index (κ1) is 15.3. The number of hydrogen-bond acceptors (Lipinski definition) is 4. The minimum Gasteiger partial charge on any atom is -0.488 e. The second-order valence-electron chi connectivity index (χ2n) is 4.03. The van der Waals surface area contributed by atoms with E-state index in [0.717, 1.165) is 17.4 Å². The van der Waals surface area contributed by atoms with E-state index in [1.54, 1.807) is 11.4 Å². The van der Waals surface area contributed by atoms with Crippen LogP contribution in [0.3, 0.4) is 0 Å². The van der Waals surface area contributed by atoms with Crippen LogP contribution < -0.4 is 16.0 Å². The fourth-order valence-electron chi connectivity index (χ4n) is 1.70. The third-order valence-corrected chi connectivity index (χ3v) is 3.62. The number of thiophene rings is 1. The van der Waals surface area contributed by atoms with Gasteiger partial charge in [-0.1, -0.05) is 12.1 Å². The van der Waals surface area contributed by atoms with Crippen LogP contribution >= 0.6 is 11.3 Å². The van der Waals surface area contributed by atoms with Gasteiger partial charge in [-0.25, -0.2) is 5.84 Å². The molecule has 0 saturated heterocycles. The number of rotatable bonds is 4. The Balaban J connectivity index is 2.18. The molecule has 0 atom stereocenters. The number of hydrazine groups is 1. The molecule has 1 aromatic heterocycles. The quantitative estimate of drug-likeness (QED) is 0.518. The van der Waals surface area contributed by atoms with Crippen LogP contribution in [0.5, 0.6) is 5.75 Å². The number of carbonyl (C=O) groups excluding carboxylic acids is 1. The van der Waals surface area contributed by atoms with Crippen LogP contribution in [-0.4, -0.2) is 5.91 Å². The van der Waals surface area contributed by atoms with Gasteiger partial charge >= 0.3 is 6.18 Å². The van der Waals surface area contributed by atoms with E-state index in [0.29, 0.717) is 10.4 Å². The number of nitrogens with one attached hydrogen (secondary N) is 1. The Kier molecular flexibility index (Phi) is 4.49.